The molecule has 0 heterocycles. The molecule has 0 atom stereocenters. The van der Waals surface area contributed by atoms with Crippen LogP contribution < -0.4 is 0 Å². The molecule has 0 unspecified atom stereocenters. The van der Waals surface area contributed by atoms with Crippen LogP contribution in [0.2, 0.25) is 0 Å². The lowest BCUT2D eigenvalue weighted by atomic mass is 9.77. The molecule has 3 aromatic rings. The molecule has 0 aliphatic heterocycles. The lowest BCUT2D eigenvalue weighted by Crippen LogP contribution is -2.13. The highest BCUT2D eigenvalue weighted by Gasteiger charge is 2.22. The molecule has 1 aliphatic carbocycles. The van der Waals surface area contributed by atoms with Crippen LogP contribution in [0.3, 0.4) is 0 Å². The molecule has 0 N–H and O–H groups in total. The van der Waals surface area contributed by atoms with E-state index in [1.165, 1.54) is 44.1 Å². The highest BCUT2D eigenvalue weighted by Crippen LogP contribution is 2.39. The molecule has 1 aliphatic rings. The van der Waals surface area contributed by atoms with E-state index in [1.807, 2.05) is 31.2 Å². The Labute approximate surface area is 195 Å². The van der Waals surface area contributed by atoms with Crippen LogP contribution in [0.1, 0.15) is 75.8 Å². The third-order valence-corrected chi connectivity index (χ3v) is 7.25. The zero-order valence-corrected chi connectivity index (χ0v) is 19.6. The minimum atomic E-state index is -1.09. The van der Waals surface area contributed by atoms with E-state index >= 15 is 4.39 Å². The van der Waals surface area contributed by atoms with Gasteiger partial charge < -0.3 is 0 Å². The number of aryl methyl sites for hydroxylation is 1. The van der Waals surface area contributed by atoms with Gasteiger partial charge in [0.25, 0.3) is 0 Å². The zero-order valence-electron chi connectivity index (χ0n) is 19.6. The van der Waals surface area contributed by atoms with Gasteiger partial charge in [0.2, 0.25) is 0 Å². The molecular weight excluding hydrogens is 417 g/mol. The number of halogens is 3. The monoisotopic (exact) mass is 450 g/mol. The van der Waals surface area contributed by atoms with Crippen molar-refractivity contribution in [1.82, 2.24) is 0 Å². The second kappa shape index (κ2) is 10.6. The summed E-state index contributed by atoms with van der Waals surface area (Å²) in [6.07, 6.45) is 12.3. The number of allylic oxidation sites excluding steroid dienone is 2. The van der Waals surface area contributed by atoms with Gasteiger partial charge in [0.15, 0.2) is 11.6 Å². The molecule has 0 amide bonds. The molecule has 4 rings (SSSR count). The van der Waals surface area contributed by atoms with Gasteiger partial charge in [-0.05, 0) is 85.4 Å². The van der Waals surface area contributed by atoms with Crippen LogP contribution in [0.5, 0.6) is 0 Å². The van der Waals surface area contributed by atoms with Crippen molar-refractivity contribution in [3.63, 3.8) is 0 Å². The Morgan fingerprint density at radius 1 is 0.879 bits per heavy atom. The van der Waals surface area contributed by atoms with E-state index in [4.69, 9.17) is 0 Å². The van der Waals surface area contributed by atoms with Crippen molar-refractivity contribution in [3.8, 4) is 11.1 Å². The molecule has 1 fully saturated rings. The summed E-state index contributed by atoms with van der Waals surface area (Å²) >= 11 is 0. The van der Waals surface area contributed by atoms with Gasteiger partial charge in [0, 0.05) is 5.56 Å². The minimum Gasteiger partial charge on any atom is -0.206 e. The number of hydrogen-bond acceptors (Lipinski definition) is 0. The topological polar surface area (TPSA) is 0 Å². The minimum absolute atomic E-state index is 0.266. The van der Waals surface area contributed by atoms with Crippen LogP contribution in [0.25, 0.3) is 21.9 Å². The zero-order chi connectivity index (χ0) is 23.4. The van der Waals surface area contributed by atoms with Crippen molar-refractivity contribution < 1.29 is 13.2 Å². The van der Waals surface area contributed by atoms with Gasteiger partial charge in [0.1, 0.15) is 5.82 Å². The first kappa shape index (κ1) is 23.6. The third-order valence-electron chi connectivity index (χ3n) is 7.25. The third kappa shape index (κ3) is 5.03. The van der Waals surface area contributed by atoms with Crippen molar-refractivity contribution in [2.24, 2.45) is 5.92 Å². The molecule has 3 heteroatoms. The normalized spacial score (nSPS) is 18.9. The molecule has 0 radical (unpaired) electrons. The number of benzene rings is 3. The highest BCUT2D eigenvalue weighted by atomic mass is 19.2. The Kier molecular flexibility index (Phi) is 7.57. The first-order chi connectivity index (χ1) is 16.0. The largest absolute Gasteiger partial charge is 0.206 e. The van der Waals surface area contributed by atoms with E-state index in [-0.39, 0.29) is 10.9 Å². The Bertz CT molecular complexity index is 1120. The van der Waals surface area contributed by atoms with Crippen LogP contribution in [0.4, 0.5) is 13.2 Å². The molecule has 1 saturated carbocycles. The molecule has 174 valence electrons. The maximum atomic E-state index is 15.4. The van der Waals surface area contributed by atoms with Crippen LogP contribution in [0.15, 0.2) is 54.6 Å². The quantitative estimate of drug-likeness (QED) is 0.314. The predicted molar refractivity (Wildman–Crippen MR) is 132 cm³/mol. The van der Waals surface area contributed by atoms with Crippen molar-refractivity contribution >= 4 is 10.8 Å². The van der Waals surface area contributed by atoms with Gasteiger partial charge in [-0.2, -0.15) is 0 Å². The first-order valence-electron chi connectivity index (χ1n) is 12.3. The summed E-state index contributed by atoms with van der Waals surface area (Å²) in [6.45, 7) is 4.14. The lowest BCUT2D eigenvalue weighted by Gasteiger charge is -2.28. The van der Waals surface area contributed by atoms with Crippen molar-refractivity contribution in [1.29, 1.82) is 0 Å². The van der Waals surface area contributed by atoms with Crippen LogP contribution >= 0.6 is 0 Å². The number of rotatable bonds is 7. The van der Waals surface area contributed by atoms with E-state index in [0.717, 1.165) is 5.92 Å². The van der Waals surface area contributed by atoms with Crippen LogP contribution in [-0.2, 0) is 6.42 Å². The van der Waals surface area contributed by atoms with Crippen LogP contribution in [0, 0.1) is 23.4 Å². The second-order valence-electron chi connectivity index (χ2n) is 9.42. The van der Waals surface area contributed by atoms with Gasteiger partial charge >= 0.3 is 0 Å². The first-order valence-corrected chi connectivity index (χ1v) is 12.3. The van der Waals surface area contributed by atoms with E-state index < -0.39 is 17.5 Å². The molecule has 0 nitrogen and oxygen atoms in total. The molecule has 0 bridgehead atoms. The second-order valence-corrected chi connectivity index (χ2v) is 9.42. The maximum absolute atomic E-state index is 15.4. The van der Waals surface area contributed by atoms with Crippen molar-refractivity contribution in [2.45, 2.75) is 71.1 Å². The summed E-state index contributed by atoms with van der Waals surface area (Å²) < 4.78 is 44.9. The fourth-order valence-corrected chi connectivity index (χ4v) is 5.37. The summed E-state index contributed by atoms with van der Waals surface area (Å²) in [7, 11) is 0. The molecule has 0 spiro atoms. The molecular formula is C30H33F3. The van der Waals surface area contributed by atoms with Gasteiger partial charge in [-0.25, -0.2) is 13.2 Å². The van der Waals surface area contributed by atoms with Gasteiger partial charge in [-0.15, -0.1) is 0 Å². The molecule has 33 heavy (non-hydrogen) atoms. The van der Waals surface area contributed by atoms with Crippen molar-refractivity contribution in [2.75, 3.05) is 0 Å². The Balaban J connectivity index is 1.59. The maximum Gasteiger partial charge on any atom is 0.169 e. The highest BCUT2D eigenvalue weighted by molar-refractivity contribution is 5.89. The molecule has 3 aromatic carbocycles. The number of fused-ring (bicyclic) bond motifs is 1. The van der Waals surface area contributed by atoms with Gasteiger partial charge in [0.05, 0.1) is 5.39 Å². The molecule has 0 aromatic heterocycles. The summed E-state index contributed by atoms with van der Waals surface area (Å²) in [6, 6.07) is 12.9. The SMILES string of the molecule is C/C=C/CCc1cc2ccc(-c3ccc(C4CCC(CCC)CC4)cc3)c(F)c2c(F)c1F. The summed E-state index contributed by atoms with van der Waals surface area (Å²) in [5, 5.41) is 0.129. The number of hydrogen-bond donors (Lipinski definition) is 0. The summed E-state index contributed by atoms with van der Waals surface area (Å²) in [5.41, 5.74) is 2.57. The summed E-state index contributed by atoms with van der Waals surface area (Å²) in [4.78, 5) is 0. The lowest BCUT2D eigenvalue weighted by molar-refractivity contribution is 0.308. The average Bonchev–Trinajstić information content (AvgIpc) is 2.83. The van der Waals surface area contributed by atoms with Crippen molar-refractivity contribution in [3.05, 3.63) is 83.2 Å². The van der Waals surface area contributed by atoms with Crippen LogP contribution in [-0.4, -0.2) is 0 Å². The van der Waals surface area contributed by atoms with Gasteiger partial charge in [-0.3, -0.25) is 0 Å². The van der Waals surface area contributed by atoms with E-state index in [0.29, 0.717) is 35.3 Å². The Morgan fingerprint density at radius 3 is 2.27 bits per heavy atom. The summed E-state index contributed by atoms with van der Waals surface area (Å²) in [5.74, 6) is -1.33. The fourth-order valence-electron chi connectivity index (χ4n) is 5.37. The van der Waals surface area contributed by atoms with E-state index in [9.17, 15) is 8.78 Å². The fraction of sp³-hybridized carbons (Fsp3) is 0.400. The smallest absolute Gasteiger partial charge is 0.169 e. The van der Waals surface area contributed by atoms with E-state index in [2.05, 4.69) is 19.1 Å². The Hall–Kier alpha value is -2.55. The average molecular weight is 451 g/mol. The standard InChI is InChI=1S/C30H33F3/c1-3-5-6-8-25-19-24-17-18-26(29(32)27(24)30(33)28(25)31)23-15-13-22(14-16-23)21-11-9-20(7-4-2)10-12-21/h3,5,13-21H,4,6-12H2,1-2H3/b5-3+. The van der Waals surface area contributed by atoms with Gasteiger partial charge in [-0.1, -0.05) is 68.3 Å². The molecule has 0 saturated heterocycles. The predicted octanol–water partition coefficient (Wildman–Crippen LogP) is 9.51. The Morgan fingerprint density at radius 2 is 1.61 bits per heavy atom. The van der Waals surface area contributed by atoms with E-state index in [1.54, 1.807) is 18.2 Å².